The van der Waals surface area contributed by atoms with Gasteiger partial charge in [-0.3, -0.25) is 9.55 Å². The molecular formula is C37H32N4O2. The summed E-state index contributed by atoms with van der Waals surface area (Å²) in [6.07, 6.45) is 4.50. The third kappa shape index (κ3) is 4.36. The zero-order valence-corrected chi connectivity index (χ0v) is 24.7. The van der Waals surface area contributed by atoms with E-state index in [0.717, 1.165) is 34.4 Å². The molecular weight excluding hydrogens is 532 g/mol. The van der Waals surface area contributed by atoms with Crippen molar-refractivity contribution in [3.63, 3.8) is 0 Å². The molecule has 2 atom stereocenters. The molecule has 0 fully saturated rings. The molecule has 3 aromatic heterocycles. The van der Waals surface area contributed by atoms with E-state index in [1.54, 1.807) is 6.20 Å². The van der Waals surface area contributed by atoms with Gasteiger partial charge in [0, 0.05) is 41.7 Å². The van der Waals surface area contributed by atoms with Crippen molar-refractivity contribution in [2.75, 3.05) is 0 Å². The van der Waals surface area contributed by atoms with Crippen LogP contribution in [0, 0.1) is 6.92 Å². The largest absolute Gasteiger partial charge is 0.470 e. The lowest BCUT2D eigenvalue weighted by Crippen LogP contribution is -2.14. The van der Waals surface area contributed by atoms with Gasteiger partial charge in [0.1, 0.15) is 35.0 Å². The number of rotatable bonds is 4. The molecule has 0 unspecified atom stereocenters. The average molecular weight is 565 g/mol. The van der Waals surface area contributed by atoms with Gasteiger partial charge in [-0.15, -0.1) is 0 Å². The van der Waals surface area contributed by atoms with E-state index in [9.17, 15) is 0 Å². The Bertz CT molecular complexity index is 2080. The number of aromatic nitrogens is 3. The van der Waals surface area contributed by atoms with E-state index in [4.69, 9.17) is 19.5 Å². The summed E-state index contributed by atoms with van der Waals surface area (Å²) in [6.45, 7) is 8.79. The molecule has 0 amide bonds. The van der Waals surface area contributed by atoms with Gasteiger partial charge in [0.15, 0.2) is 0 Å². The molecule has 6 nitrogen and oxygen atoms in total. The highest BCUT2D eigenvalue weighted by Gasteiger charge is 2.39. The SMILES string of the molecule is Cc1ccc2c(c1)c1cccnc1n2-c1cc(Oc2ccnc(C3=N[C@@H]4c5ccccc5C[C@@H]4O3)c2)cc(C(C)(C)C)c1. The van der Waals surface area contributed by atoms with Gasteiger partial charge in [-0.05, 0) is 71.5 Å². The number of fused-ring (bicyclic) bond motifs is 6. The van der Waals surface area contributed by atoms with Crippen LogP contribution in [0.2, 0.25) is 0 Å². The fourth-order valence-corrected chi connectivity index (χ4v) is 6.38. The lowest BCUT2D eigenvalue weighted by Gasteiger charge is -2.22. The zero-order chi connectivity index (χ0) is 29.3. The number of aliphatic imine (C=N–C) groups is 1. The summed E-state index contributed by atoms with van der Waals surface area (Å²) in [5.41, 5.74) is 8.58. The minimum absolute atomic E-state index is 0.0206. The molecule has 1 aliphatic carbocycles. The number of aryl methyl sites for hydroxylation is 1. The number of benzene rings is 3. The third-order valence-electron chi connectivity index (χ3n) is 8.55. The minimum atomic E-state index is -0.0964. The van der Waals surface area contributed by atoms with Crippen molar-refractivity contribution >= 4 is 27.8 Å². The van der Waals surface area contributed by atoms with Gasteiger partial charge < -0.3 is 9.47 Å². The normalized spacial score (nSPS) is 17.5. The second kappa shape index (κ2) is 9.53. The third-order valence-corrected chi connectivity index (χ3v) is 8.55. The summed E-state index contributed by atoms with van der Waals surface area (Å²) in [5.74, 6) is 2.00. The van der Waals surface area contributed by atoms with Crippen molar-refractivity contribution < 1.29 is 9.47 Å². The maximum atomic E-state index is 6.56. The number of pyridine rings is 2. The molecule has 0 radical (unpaired) electrons. The van der Waals surface area contributed by atoms with Gasteiger partial charge in [-0.25, -0.2) is 9.98 Å². The minimum Gasteiger partial charge on any atom is -0.470 e. The van der Waals surface area contributed by atoms with E-state index in [2.05, 4.69) is 104 Å². The lowest BCUT2D eigenvalue weighted by atomic mass is 9.86. The van der Waals surface area contributed by atoms with Crippen LogP contribution in [-0.2, 0) is 16.6 Å². The van der Waals surface area contributed by atoms with Gasteiger partial charge >= 0.3 is 0 Å². The maximum absolute atomic E-state index is 6.56. The van der Waals surface area contributed by atoms with Crippen molar-refractivity contribution in [2.45, 2.75) is 51.7 Å². The lowest BCUT2D eigenvalue weighted by molar-refractivity contribution is 0.206. The van der Waals surface area contributed by atoms with Crippen LogP contribution >= 0.6 is 0 Å². The van der Waals surface area contributed by atoms with E-state index in [0.29, 0.717) is 17.3 Å². The standard InChI is InChI=1S/C37H32N4O2/c1-22-11-12-32-30(16-22)29-10-7-14-39-35(29)41(32)25-18-24(37(2,3)4)19-27(20-25)42-26-13-15-38-31(21-26)36-40-34-28-9-6-5-8-23(28)17-33(34)43-36/h5-16,18-21,33-34H,17H2,1-4H3/t33-,34+/m0/s1. The predicted octanol–water partition coefficient (Wildman–Crippen LogP) is 8.41. The van der Waals surface area contributed by atoms with Crippen molar-refractivity contribution in [1.29, 1.82) is 0 Å². The highest BCUT2D eigenvalue weighted by atomic mass is 16.5. The summed E-state index contributed by atoms with van der Waals surface area (Å²) in [6, 6.07) is 29.4. The Morgan fingerprint density at radius 1 is 0.837 bits per heavy atom. The molecule has 0 saturated heterocycles. The van der Waals surface area contributed by atoms with Crippen molar-refractivity contribution in [1.82, 2.24) is 14.5 Å². The fraction of sp³-hybridized carbons (Fsp3) is 0.216. The molecule has 6 heteroatoms. The highest BCUT2D eigenvalue weighted by molar-refractivity contribution is 6.08. The molecule has 6 aromatic rings. The number of hydrogen-bond donors (Lipinski definition) is 0. The average Bonchev–Trinajstić information content (AvgIpc) is 3.66. The number of ether oxygens (including phenoxy) is 2. The summed E-state index contributed by atoms with van der Waals surface area (Å²) in [4.78, 5) is 14.3. The van der Waals surface area contributed by atoms with E-state index < -0.39 is 0 Å². The van der Waals surface area contributed by atoms with E-state index in [-0.39, 0.29) is 17.6 Å². The van der Waals surface area contributed by atoms with E-state index >= 15 is 0 Å². The van der Waals surface area contributed by atoms with Crippen LogP contribution in [-0.4, -0.2) is 26.5 Å². The Morgan fingerprint density at radius 3 is 2.60 bits per heavy atom. The molecule has 0 saturated carbocycles. The van der Waals surface area contributed by atoms with Gasteiger partial charge in [0.25, 0.3) is 0 Å². The second-order valence-electron chi connectivity index (χ2n) is 12.6. The first-order valence-corrected chi connectivity index (χ1v) is 14.8. The molecule has 4 heterocycles. The Hall–Kier alpha value is -4.97. The summed E-state index contributed by atoms with van der Waals surface area (Å²) in [7, 11) is 0. The molecule has 43 heavy (non-hydrogen) atoms. The zero-order valence-electron chi connectivity index (χ0n) is 24.7. The van der Waals surface area contributed by atoms with Crippen molar-refractivity contribution in [3.8, 4) is 17.2 Å². The van der Waals surface area contributed by atoms with E-state index in [1.165, 1.54) is 27.6 Å². The second-order valence-corrected chi connectivity index (χ2v) is 12.6. The molecule has 2 aliphatic rings. The van der Waals surface area contributed by atoms with Crippen LogP contribution in [0.1, 0.15) is 54.8 Å². The Kier molecular flexibility index (Phi) is 5.70. The Morgan fingerprint density at radius 2 is 1.72 bits per heavy atom. The van der Waals surface area contributed by atoms with Crippen LogP contribution in [0.3, 0.4) is 0 Å². The quantitative estimate of drug-likeness (QED) is 0.216. The molecule has 0 N–H and O–H groups in total. The molecule has 1 aliphatic heterocycles. The van der Waals surface area contributed by atoms with Gasteiger partial charge in [0.05, 0.1) is 11.2 Å². The smallest absolute Gasteiger partial charge is 0.236 e. The van der Waals surface area contributed by atoms with Crippen LogP contribution in [0.5, 0.6) is 11.5 Å². The van der Waals surface area contributed by atoms with Gasteiger partial charge in [-0.2, -0.15) is 0 Å². The van der Waals surface area contributed by atoms with Crippen molar-refractivity contribution in [3.05, 3.63) is 125 Å². The van der Waals surface area contributed by atoms with Crippen LogP contribution < -0.4 is 4.74 Å². The first-order valence-electron chi connectivity index (χ1n) is 14.8. The highest BCUT2D eigenvalue weighted by Crippen LogP contribution is 2.41. The fourth-order valence-electron chi connectivity index (χ4n) is 6.38. The molecule has 212 valence electrons. The predicted molar refractivity (Wildman–Crippen MR) is 171 cm³/mol. The number of hydrogen-bond acceptors (Lipinski definition) is 5. The Labute approximate surface area is 250 Å². The Balaban J connectivity index is 1.19. The number of nitrogens with zero attached hydrogens (tertiary/aromatic N) is 4. The van der Waals surface area contributed by atoms with Crippen molar-refractivity contribution in [2.24, 2.45) is 4.99 Å². The first kappa shape index (κ1) is 25.7. The molecule has 0 bridgehead atoms. The van der Waals surface area contributed by atoms with E-state index in [1.807, 2.05) is 24.4 Å². The van der Waals surface area contributed by atoms with Crippen LogP contribution in [0.15, 0.2) is 102 Å². The monoisotopic (exact) mass is 564 g/mol. The van der Waals surface area contributed by atoms with Gasteiger partial charge in [-0.1, -0.05) is 56.7 Å². The summed E-state index contributed by atoms with van der Waals surface area (Å²) >= 11 is 0. The van der Waals surface area contributed by atoms with Crippen LogP contribution in [0.25, 0.3) is 27.6 Å². The molecule has 8 rings (SSSR count). The van der Waals surface area contributed by atoms with Gasteiger partial charge in [0.2, 0.25) is 5.90 Å². The topological polar surface area (TPSA) is 61.5 Å². The van der Waals surface area contributed by atoms with Crippen LogP contribution in [0.4, 0.5) is 0 Å². The molecule has 3 aromatic carbocycles. The maximum Gasteiger partial charge on any atom is 0.236 e. The first-order chi connectivity index (χ1) is 20.8. The molecule has 0 spiro atoms. The summed E-state index contributed by atoms with van der Waals surface area (Å²) < 4.78 is 15.1. The summed E-state index contributed by atoms with van der Waals surface area (Å²) in [5, 5.41) is 2.32.